The molecule has 1 aromatic carbocycles. The van der Waals surface area contributed by atoms with Crippen molar-refractivity contribution in [3.05, 3.63) is 30.1 Å². The van der Waals surface area contributed by atoms with Crippen LogP contribution in [-0.4, -0.2) is 36.8 Å². The molecule has 0 aliphatic carbocycles. The number of amides is 1. The Morgan fingerprint density at radius 2 is 1.65 bits per heavy atom. The number of rotatable bonds is 2. The van der Waals surface area contributed by atoms with Crippen LogP contribution in [0, 0.1) is 5.82 Å². The van der Waals surface area contributed by atoms with Crippen LogP contribution in [-0.2, 0) is 9.59 Å². The zero-order chi connectivity index (χ0) is 15.9. The van der Waals surface area contributed by atoms with E-state index in [1.165, 1.54) is 29.2 Å². The Labute approximate surface area is 111 Å². The number of carboxylic acid groups (broad SMARTS) is 1. The maximum absolute atomic E-state index is 12.5. The molecule has 0 radical (unpaired) electrons. The van der Waals surface area contributed by atoms with Crippen LogP contribution >= 0.6 is 0 Å². The molecule has 9 heteroatoms. The molecule has 0 unspecified atom stereocenters. The minimum absolute atomic E-state index is 0.0477. The fraction of sp³-hybridized carbons (Fsp3) is 0.273. The second-order valence-electron chi connectivity index (χ2n) is 3.44. The first-order valence-electron chi connectivity index (χ1n) is 5.12. The molecule has 0 aliphatic rings. The molecule has 0 fully saturated rings. The molecule has 0 saturated carbocycles. The number of hydrogen-bond acceptors (Lipinski definition) is 3. The molecule has 0 spiro atoms. The van der Waals surface area contributed by atoms with Crippen molar-refractivity contribution in [3.63, 3.8) is 0 Å². The van der Waals surface area contributed by atoms with Gasteiger partial charge >= 0.3 is 12.1 Å². The van der Waals surface area contributed by atoms with Crippen molar-refractivity contribution in [3.8, 4) is 0 Å². The van der Waals surface area contributed by atoms with Crippen LogP contribution in [0.25, 0.3) is 0 Å². The second-order valence-corrected chi connectivity index (χ2v) is 3.44. The van der Waals surface area contributed by atoms with Gasteiger partial charge in [0.2, 0.25) is 5.91 Å². The van der Waals surface area contributed by atoms with Gasteiger partial charge in [-0.1, -0.05) is 0 Å². The summed E-state index contributed by atoms with van der Waals surface area (Å²) in [6.07, 6.45) is -5.08. The monoisotopic (exact) mass is 296 g/mol. The number of carbonyl (C=O) groups excluding carboxylic acids is 1. The third kappa shape index (κ3) is 6.14. The predicted molar refractivity (Wildman–Crippen MR) is 62.6 cm³/mol. The molecule has 1 aromatic rings. The van der Waals surface area contributed by atoms with Gasteiger partial charge in [-0.15, -0.1) is 0 Å². The highest BCUT2D eigenvalue weighted by Crippen LogP contribution is 2.13. The van der Waals surface area contributed by atoms with Gasteiger partial charge in [0.25, 0.3) is 0 Å². The molecule has 1 amide bonds. The van der Waals surface area contributed by atoms with Crippen LogP contribution in [0.4, 0.5) is 23.2 Å². The van der Waals surface area contributed by atoms with Crippen LogP contribution in [0.1, 0.15) is 0 Å². The molecule has 1 rings (SSSR count). The number of carboxylic acids is 1. The summed E-state index contributed by atoms with van der Waals surface area (Å²) in [6, 6.07) is 5.66. The third-order valence-corrected chi connectivity index (χ3v) is 2.01. The Morgan fingerprint density at radius 3 is 1.95 bits per heavy atom. The topological polar surface area (TPSA) is 83.6 Å². The van der Waals surface area contributed by atoms with Crippen molar-refractivity contribution in [1.29, 1.82) is 0 Å². The Balaban J connectivity index is 0.000000441. The van der Waals surface area contributed by atoms with Gasteiger partial charge in [-0.2, -0.15) is 13.2 Å². The molecule has 5 nitrogen and oxygen atoms in total. The zero-order valence-electron chi connectivity index (χ0n) is 10.3. The molecule has 0 aliphatic heterocycles. The Hall–Kier alpha value is -2.16. The van der Waals surface area contributed by atoms with Gasteiger partial charge in [-0.05, 0) is 24.3 Å². The Kier molecular flexibility index (Phi) is 6.63. The van der Waals surface area contributed by atoms with Crippen molar-refractivity contribution in [2.24, 2.45) is 5.73 Å². The summed E-state index contributed by atoms with van der Waals surface area (Å²) in [5.41, 5.74) is 5.81. The average molecular weight is 296 g/mol. The lowest BCUT2D eigenvalue weighted by Crippen LogP contribution is -2.32. The molecule has 3 N–H and O–H groups in total. The van der Waals surface area contributed by atoms with Gasteiger partial charge in [-0.25, -0.2) is 9.18 Å². The van der Waals surface area contributed by atoms with E-state index in [4.69, 9.17) is 15.6 Å². The quantitative estimate of drug-likeness (QED) is 0.808. The molecule has 20 heavy (non-hydrogen) atoms. The first kappa shape index (κ1) is 17.8. The molecule has 0 aromatic heterocycles. The van der Waals surface area contributed by atoms with E-state index in [0.29, 0.717) is 5.69 Å². The number of halogens is 4. The largest absolute Gasteiger partial charge is 0.490 e. The Bertz CT molecular complexity index is 460. The van der Waals surface area contributed by atoms with E-state index in [2.05, 4.69) is 0 Å². The molecule has 0 bridgehead atoms. The smallest absolute Gasteiger partial charge is 0.475 e. The lowest BCUT2D eigenvalue weighted by Gasteiger charge is -2.15. The van der Waals surface area contributed by atoms with E-state index in [0.717, 1.165) is 0 Å². The van der Waals surface area contributed by atoms with Crippen molar-refractivity contribution < 1.29 is 32.3 Å². The van der Waals surface area contributed by atoms with E-state index >= 15 is 0 Å². The standard InChI is InChI=1S/C9H11FN2O.C2HF3O2/c1-12(9(13)6-11)8-4-2-7(10)3-5-8;3-2(4,5)1(6)7/h2-5H,6,11H2,1H3;(H,6,7). The van der Waals surface area contributed by atoms with E-state index < -0.39 is 12.1 Å². The van der Waals surface area contributed by atoms with E-state index in [1.54, 1.807) is 7.05 Å². The van der Waals surface area contributed by atoms with Crippen LogP contribution in [0.2, 0.25) is 0 Å². The zero-order valence-corrected chi connectivity index (χ0v) is 10.3. The number of nitrogens with two attached hydrogens (primary N) is 1. The highest BCUT2D eigenvalue weighted by atomic mass is 19.4. The lowest BCUT2D eigenvalue weighted by molar-refractivity contribution is -0.192. The minimum Gasteiger partial charge on any atom is -0.475 e. The number of alkyl halides is 3. The Morgan fingerprint density at radius 1 is 1.25 bits per heavy atom. The molecular weight excluding hydrogens is 284 g/mol. The first-order chi connectivity index (χ1) is 9.09. The van der Waals surface area contributed by atoms with Crippen molar-refractivity contribution in [2.45, 2.75) is 6.18 Å². The molecule has 0 saturated heterocycles. The first-order valence-corrected chi connectivity index (χ1v) is 5.12. The summed E-state index contributed by atoms with van der Waals surface area (Å²) in [6.45, 7) is -0.0477. The van der Waals surface area contributed by atoms with E-state index in [9.17, 15) is 22.4 Å². The fourth-order valence-electron chi connectivity index (χ4n) is 0.946. The second kappa shape index (κ2) is 7.43. The fourth-order valence-corrected chi connectivity index (χ4v) is 0.946. The number of carbonyl (C=O) groups is 2. The number of benzene rings is 1. The minimum atomic E-state index is -5.08. The maximum Gasteiger partial charge on any atom is 0.490 e. The lowest BCUT2D eigenvalue weighted by atomic mass is 10.3. The molecule has 112 valence electrons. The van der Waals surface area contributed by atoms with Crippen LogP contribution in [0.3, 0.4) is 0 Å². The SMILES string of the molecule is CN(C(=O)CN)c1ccc(F)cc1.O=C(O)C(F)(F)F. The summed E-state index contributed by atoms with van der Waals surface area (Å²) in [4.78, 5) is 21.4. The van der Waals surface area contributed by atoms with E-state index in [-0.39, 0.29) is 18.3 Å². The number of hydrogen-bond donors (Lipinski definition) is 2. The summed E-state index contributed by atoms with van der Waals surface area (Å²) < 4.78 is 44.2. The van der Waals surface area contributed by atoms with Crippen molar-refractivity contribution in [2.75, 3.05) is 18.5 Å². The van der Waals surface area contributed by atoms with Gasteiger partial charge in [0.15, 0.2) is 0 Å². The van der Waals surface area contributed by atoms with Crippen molar-refractivity contribution >= 4 is 17.6 Å². The van der Waals surface area contributed by atoms with Gasteiger partial charge in [0, 0.05) is 12.7 Å². The third-order valence-electron chi connectivity index (χ3n) is 2.01. The highest BCUT2D eigenvalue weighted by Gasteiger charge is 2.38. The number of nitrogens with zero attached hydrogens (tertiary/aromatic N) is 1. The molecule has 0 heterocycles. The van der Waals surface area contributed by atoms with Gasteiger partial charge in [-0.3, -0.25) is 4.79 Å². The maximum atomic E-state index is 12.5. The van der Waals surface area contributed by atoms with Gasteiger partial charge in [0.1, 0.15) is 5.82 Å². The highest BCUT2D eigenvalue weighted by molar-refractivity contribution is 5.94. The number of anilines is 1. The van der Waals surface area contributed by atoms with Gasteiger partial charge in [0.05, 0.1) is 6.54 Å². The average Bonchev–Trinajstić information content (AvgIpc) is 2.37. The van der Waals surface area contributed by atoms with Crippen LogP contribution in [0.15, 0.2) is 24.3 Å². The molecule has 0 atom stereocenters. The van der Waals surface area contributed by atoms with Crippen LogP contribution in [0.5, 0.6) is 0 Å². The molecular formula is C11H12F4N2O3. The normalized spacial score (nSPS) is 10.3. The summed E-state index contributed by atoms with van der Waals surface area (Å²) in [5.74, 6) is -3.28. The van der Waals surface area contributed by atoms with Crippen LogP contribution < -0.4 is 10.6 Å². The summed E-state index contributed by atoms with van der Waals surface area (Å²) >= 11 is 0. The number of likely N-dealkylation sites (N-methyl/N-ethyl adjacent to an activating group) is 1. The summed E-state index contributed by atoms with van der Waals surface area (Å²) in [5, 5.41) is 7.12. The van der Waals surface area contributed by atoms with Crippen molar-refractivity contribution in [1.82, 2.24) is 0 Å². The summed E-state index contributed by atoms with van der Waals surface area (Å²) in [7, 11) is 1.60. The number of aliphatic carboxylic acids is 1. The van der Waals surface area contributed by atoms with Gasteiger partial charge < -0.3 is 15.7 Å². The van der Waals surface area contributed by atoms with E-state index in [1.807, 2.05) is 0 Å². The predicted octanol–water partition coefficient (Wildman–Crippen LogP) is 1.38.